The van der Waals surface area contributed by atoms with Crippen molar-refractivity contribution in [3.8, 4) is 11.4 Å². The molecule has 0 radical (unpaired) electrons. The molecule has 158 valence electrons. The maximum absolute atomic E-state index is 5.89. The number of aromatic nitrogens is 4. The van der Waals surface area contributed by atoms with Crippen molar-refractivity contribution in [1.29, 1.82) is 0 Å². The summed E-state index contributed by atoms with van der Waals surface area (Å²) in [6.45, 7) is 7.52. The van der Waals surface area contributed by atoms with Crippen LogP contribution in [0.2, 0.25) is 0 Å². The molecule has 0 saturated carbocycles. The van der Waals surface area contributed by atoms with Gasteiger partial charge in [-0.05, 0) is 31.2 Å². The lowest BCUT2D eigenvalue weighted by molar-refractivity contribution is 0.200. The highest BCUT2D eigenvalue weighted by Crippen LogP contribution is 2.25. The zero-order valence-electron chi connectivity index (χ0n) is 17.7. The summed E-state index contributed by atoms with van der Waals surface area (Å²) in [7, 11) is 0. The first-order valence-electron chi connectivity index (χ1n) is 10.7. The summed E-state index contributed by atoms with van der Waals surface area (Å²) >= 11 is 0. The predicted molar refractivity (Wildman–Crippen MR) is 122 cm³/mol. The van der Waals surface area contributed by atoms with Gasteiger partial charge in [-0.3, -0.25) is 4.90 Å². The first kappa shape index (κ1) is 19.5. The number of para-hydroxylation sites is 1. The van der Waals surface area contributed by atoms with E-state index < -0.39 is 0 Å². The highest BCUT2D eigenvalue weighted by molar-refractivity contribution is 5.87. The molecule has 2 aromatic heterocycles. The first-order chi connectivity index (χ1) is 15.3. The van der Waals surface area contributed by atoms with E-state index in [4.69, 9.17) is 4.74 Å². The molecule has 5 rings (SSSR count). The maximum atomic E-state index is 5.89. The molecule has 0 aliphatic carbocycles. The fraction of sp³-hybridized carbons (Fsp3) is 0.292. The van der Waals surface area contributed by atoms with Crippen LogP contribution in [0.25, 0.3) is 16.7 Å². The van der Waals surface area contributed by atoms with Crippen molar-refractivity contribution in [2.45, 2.75) is 6.92 Å². The molecule has 7 heteroatoms. The van der Waals surface area contributed by atoms with Crippen LogP contribution in [-0.4, -0.2) is 64.0 Å². The molecule has 0 amide bonds. The molecule has 0 atom stereocenters. The molecule has 7 nitrogen and oxygen atoms in total. The van der Waals surface area contributed by atoms with Crippen molar-refractivity contribution in [3.63, 3.8) is 0 Å². The van der Waals surface area contributed by atoms with Gasteiger partial charge in [-0.15, -0.1) is 0 Å². The van der Waals surface area contributed by atoms with E-state index in [0.29, 0.717) is 6.61 Å². The summed E-state index contributed by atoms with van der Waals surface area (Å²) in [6, 6.07) is 18.3. The summed E-state index contributed by atoms with van der Waals surface area (Å²) in [5, 5.41) is 5.56. The topological polar surface area (TPSA) is 59.3 Å². The quantitative estimate of drug-likeness (QED) is 0.482. The Morgan fingerprint density at radius 1 is 0.903 bits per heavy atom. The molecule has 2 aromatic carbocycles. The minimum Gasteiger partial charge on any atom is -0.492 e. The van der Waals surface area contributed by atoms with E-state index in [2.05, 4.69) is 43.9 Å². The van der Waals surface area contributed by atoms with E-state index in [9.17, 15) is 0 Å². The van der Waals surface area contributed by atoms with Crippen LogP contribution in [0.5, 0.6) is 5.75 Å². The van der Waals surface area contributed by atoms with Crippen molar-refractivity contribution in [1.82, 2.24) is 24.6 Å². The van der Waals surface area contributed by atoms with Crippen LogP contribution >= 0.6 is 0 Å². The lowest BCUT2D eigenvalue weighted by atomic mass is 10.2. The van der Waals surface area contributed by atoms with Crippen molar-refractivity contribution >= 4 is 16.9 Å². The smallest absolute Gasteiger partial charge is 0.168 e. The Morgan fingerprint density at radius 3 is 2.45 bits per heavy atom. The monoisotopic (exact) mass is 414 g/mol. The van der Waals surface area contributed by atoms with Gasteiger partial charge in [-0.2, -0.15) is 5.10 Å². The van der Waals surface area contributed by atoms with E-state index in [1.807, 2.05) is 53.3 Å². The number of benzene rings is 2. The van der Waals surface area contributed by atoms with Gasteiger partial charge >= 0.3 is 0 Å². The molecule has 0 spiro atoms. The molecule has 0 N–H and O–H groups in total. The van der Waals surface area contributed by atoms with Gasteiger partial charge in [0, 0.05) is 32.7 Å². The highest BCUT2D eigenvalue weighted by atomic mass is 16.5. The van der Waals surface area contributed by atoms with Gasteiger partial charge in [-0.1, -0.05) is 35.9 Å². The second kappa shape index (κ2) is 8.73. The third-order valence-corrected chi connectivity index (χ3v) is 5.71. The second-order valence-electron chi connectivity index (χ2n) is 7.82. The van der Waals surface area contributed by atoms with Crippen LogP contribution in [0.1, 0.15) is 5.56 Å². The number of nitrogens with zero attached hydrogens (tertiary/aromatic N) is 6. The van der Waals surface area contributed by atoms with Gasteiger partial charge in [0.15, 0.2) is 5.65 Å². The molecule has 31 heavy (non-hydrogen) atoms. The maximum Gasteiger partial charge on any atom is 0.168 e. The third kappa shape index (κ3) is 4.22. The summed E-state index contributed by atoms with van der Waals surface area (Å²) in [5.41, 5.74) is 3.09. The van der Waals surface area contributed by atoms with Crippen molar-refractivity contribution in [3.05, 3.63) is 72.7 Å². The summed E-state index contributed by atoms with van der Waals surface area (Å²) in [5.74, 6) is 1.89. The van der Waals surface area contributed by atoms with Gasteiger partial charge in [0.1, 0.15) is 24.5 Å². The minimum absolute atomic E-state index is 0.699. The van der Waals surface area contributed by atoms with Crippen LogP contribution in [0.4, 0.5) is 5.82 Å². The van der Waals surface area contributed by atoms with Gasteiger partial charge in [0.2, 0.25) is 0 Å². The van der Waals surface area contributed by atoms with Gasteiger partial charge in [0.05, 0.1) is 17.3 Å². The predicted octanol–water partition coefficient (Wildman–Crippen LogP) is 3.32. The standard InChI is InChI=1S/C24H26N6O/c1-19-7-9-21(10-8-19)31-16-15-28-11-13-29(14-12-28)23-22-17-27-30(24(22)26-18-25-23)20-5-3-2-4-6-20/h2-10,17-18H,11-16H2,1H3. The Bertz CT molecular complexity index is 1130. The SMILES string of the molecule is Cc1ccc(OCCN2CCN(c3ncnc4c3cnn4-c3ccccc3)CC2)cc1. The largest absolute Gasteiger partial charge is 0.492 e. The number of rotatable bonds is 6. The number of hydrogen-bond donors (Lipinski definition) is 0. The fourth-order valence-corrected chi connectivity index (χ4v) is 3.95. The first-order valence-corrected chi connectivity index (χ1v) is 10.7. The highest BCUT2D eigenvalue weighted by Gasteiger charge is 2.21. The molecule has 0 bridgehead atoms. The van der Waals surface area contributed by atoms with Gasteiger partial charge in [-0.25, -0.2) is 14.6 Å². The van der Waals surface area contributed by atoms with E-state index in [0.717, 1.165) is 61.0 Å². The Hall–Kier alpha value is -3.45. The van der Waals surface area contributed by atoms with E-state index >= 15 is 0 Å². The minimum atomic E-state index is 0.699. The Kier molecular flexibility index (Phi) is 5.50. The molecule has 1 fully saturated rings. The molecular formula is C24H26N6O. The molecular weight excluding hydrogens is 388 g/mol. The number of anilines is 1. The molecule has 1 saturated heterocycles. The summed E-state index contributed by atoms with van der Waals surface area (Å²) in [6.07, 6.45) is 3.51. The molecule has 0 unspecified atom stereocenters. The average molecular weight is 415 g/mol. The van der Waals surface area contributed by atoms with Crippen LogP contribution in [0, 0.1) is 6.92 Å². The third-order valence-electron chi connectivity index (χ3n) is 5.71. The Morgan fingerprint density at radius 2 is 1.68 bits per heavy atom. The number of ether oxygens (including phenoxy) is 1. The Labute approximate surface area is 181 Å². The number of fused-ring (bicyclic) bond motifs is 1. The second-order valence-corrected chi connectivity index (χ2v) is 7.82. The van der Waals surface area contributed by atoms with Crippen molar-refractivity contribution < 1.29 is 4.74 Å². The molecule has 3 heterocycles. The van der Waals surface area contributed by atoms with Crippen LogP contribution < -0.4 is 9.64 Å². The van der Waals surface area contributed by atoms with Crippen LogP contribution in [-0.2, 0) is 0 Å². The lowest BCUT2D eigenvalue weighted by Crippen LogP contribution is -2.47. The van der Waals surface area contributed by atoms with Crippen LogP contribution in [0.3, 0.4) is 0 Å². The van der Waals surface area contributed by atoms with Gasteiger partial charge in [0.25, 0.3) is 0 Å². The zero-order chi connectivity index (χ0) is 21.0. The number of hydrogen-bond acceptors (Lipinski definition) is 6. The lowest BCUT2D eigenvalue weighted by Gasteiger charge is -2.35. The molecule has 1 aliphatic rings. The van der Waals surface area contributed by atoms with Crippen LogP contribution in [0.15, 0.2) is 67.1 Å². The summed E-state index contributed by atoms with van der Waals surface area (Å²) < 4.78 is 7.76. The summed E-state index contributed by atoms with van der Waals surface area (Å²) in [4.78, 5) is 13.9. The molecule has 1 aliphatic heterocycles. The molecule has 4 aromatic rings. The van der Waals surface area contributed by atoms with Crippen molar-refractivity contribution in [2.75, 3.05) is 44.2 Å². The van der Waals surface area contributed by atoms with Crippen molar-refractivity contribution in [2.24, 2.45) is 0 Å². The van der Waals surface area contributed by atoms with E-state index in [1.165, 1.54) is 5.56 Å². The normalized spacial score (nSPS) is 14.8. The zero-order valence-corrected chi connectivity index (χ0v) is 17.7. The number of aryl methyl sites for hydroxylation is 1. The number of piperazine rings is 1. The average Bonchev–Trinajstić information content (AvgIpc) is 3.26. The fourth-order valence-electron chi connectivity index (χ4n) is 3.95. The van der Waals surface area contributed by atoms with Gasteiger partial charge < -0.3 is 9.64 Å². The Balaban J connectivity index is 1.21. The van der Waals surface area contributed by atoms with E-state index in [1.54, 1.807) is 6.33 Å². The van der Waals surface area contributed by atoms with E-state index in [-0.39, 0.29) is 0 Å².